The summed E-state index contributed by atoms with van der Waals surface area (Å²) in [5.41, 5.74) is 3.09. The van der Waals surface area contributed by atoms with E-state index < -0.39 is 11.6 Å². The second kappa shape index (κ2) is 13.2. The van der Waals surface area contributed by atoms with Crippen LogP contribution in [0, 0.1) is 5.92 Å². The Kier molecular flexibility index (Phi) is 9.53. The maximum absolute atomic E-state index is 14.0. The van der Waals surface area contributed by atoms with Crippen LogP contribution in [0.1, 0.15) is 61.9 Å². The highest BCUT2D eigenvalue weighted by molar-refractivity contribution is 6.30. The second-order valence-corrected chi connectivity index (χ2v) is 12.7. The summed E-state index contributed by atoms with van der Waals surface area (Å²) < 4.78 is 17.6. The Balaban J connectivity index is 1.56. The van der Waals surface area contributed by atoms with Gasteiger partial charge in [0.25, 0.3) is 5.91 Å². The van der Waals surface area contributed by atoms with E-state index in [-0.39, 0.29) is 36.9 Å². The molecule has 9 heteroatoms. The Morgan fingerprint density at radius 1 is 1.07 bits per heavy atom. The number of nitrogens with zero attached hydrogens (tertiary/aromatic N) is 2. The molecule has 5 rings (SSSR count). The summed E-state index contributed by atoms with van der Waals surface area (Å²) in [4.78, 5) is 29.5. The molecule has 1 fully saturated rings. The number of amides is 2. The predicted octanol–water partition coefficient (Wildman–Crippen LogP) is 5.91. The normalized spacial score (nSPS) is 18.5. The zero-order valence-electron chi connectivity index (χ0n) is 26.0. The summed E-state index contributed by atoms with van der Waals surface area (Å²) in [6.45, 7) is 6.86. The molecule has 0 radical (unpaired) electrons. The highest BCUT2D eigenvalue weighted by atomic mass is 35.5. The summed E-state index contributed by atoms with van der Waals surface area (Å²) in [5.74, 6) is 0.745. The number of carbonyl (C=O) groups is 2. The molecule has 2 aliphatic heterocycles. The molecule has 8 nitrogen and oxygen atoms in total. The lowest BCUT2D eigenvalue weighted by Gasteiger charge is -2.39. The van der Waals surface area contributed by atoms with Gasteiger partial charge in [-0.05, 0) is 98.2 Å². The standard InChI is InChI=1S/C35H41ClN2O6/c1-22(2)44-31-20-29-24(18-30(31)43-21-33(40)37(4)5)19-32(39)38(34(29)23-6-10-27(36)11-7-23)28-12-8-25(9-13-28)35(3,41)26-14-16-42-17-15-26/h6-13,18,20,22,26,34,41H,14-17,19,21H2,1-5H3/t34-,35?/m0/s1. The molecule has 0 aromatic heterocycles. The van der Waals surface area contributed by atoms with Crippen molar-refractivity contribution < 1.29 is 28.9 Å². The van der Waals surface area contributed by atoms with Crippen molar-refractivity contribution in [3.8, 4) is 11.5 Å². The number of anilines is 1. The fourth-order valence-electron chi connectivity index (χ4n) is 6.01. The average molecular weight is 621 g/mol. The first-order valence-electron chi connectivity index (χ1n) is 15.1. The van der Waals surface area contributed by atoms with Gasteiger partial charge in [-0.1, -0.05) is 35.9 Å². The molecule has 1 saturated heterocycles. The van der Waals surface area contributed by atoms with Crippen LogP contribution in [0.25, 0.3) is 0 Å². The van der Waals surface area contributed by atoms with Crippen LogP contribution >= 0.6 is 11.6 Å². The molecule has 2 aliphatic rings. The van der Waals surface area contributed by atoms with E-state index in [0.29, 0.717) is 29.7 Å². The van der Waals surface area contributed by atoms with E-state index in [1.54, 1.807) is 19.0 Å². The van der Waals surface area contributed by atoms with E-state index in [1.165, 1.54) is 4.90 Å². The van der Waals surface area contributed by atoms with Crippen molar-refractivity contribution in [2.24, 2.45) is 5.92 Å². The first-order chi connectivity index (χ1) is 21.0. The molecule has 1 unspecified atom stereocenters. The Morgan fingerprint density at radius 3 is 2.34 bits per heavy atom. The van der Waals surface area contributed by atoms with Crippen molar-refractivity contribution in [1.29, 1.82) is 0 Å². The quantitative estimate of drug-likeness (QED) is 0.320. The van der Waals surface area contributed by atoms with Crippen molar-refractivity contribution in [3.05, 3.63) is 87.9 Å². The van der Waals surface area contributed by atoms with Crippen LogP contribution < -0.4 is 14.4 Å². The van der Waals surface area contributed by atoms with Gasteiger partial charge in [-0.25, -0.2) is 0 Å². The number of likely N-dealkylation sites (N-methyl/N-ethyl adjacent to an activating group) is 1. The summed E-state index contributed by atoms with van der Waals surface area (Å²) >= 11 is 6.26. The van der Waals surface area contributed by atoms with Gasteiger partial charge < -0.3 is 29.1 Å². The number of benzene rings is 3. The highest BCUT2D eigenvalue weighted by Crippen LogP contribution is 2.44. The maximum Gasteiger partial charge on any atom is 0.259 e. The van der Waals surface area contributed by atoms with Crippen molar-refractivity contribution in [1.82, 2.24) is 4.90 Å². The smallest absolute Gasteiger partial charge is 0.259 e. The number of fused-ring (bicyclic) bond motifs is 1. The minimum atomic E-state index is -1.01. The number of halogens is 1. The third-order valence-corrected chi connectivity index (χ3v) is 8.77. The molecular weight excluding hydrogens is 580 g/mol. The zero-order chi connectivity index (χ0) is 31.6. The van der Waals surface area contributed by atoms with Gasteiger partial charge in [-0.2, -0.15) is 0 Å². The number of ether oxygens (including phenoxy) is 3. The molecule has 1 N–H and O–H groups in total. The molecule has 0 bridgehead atoms. The van der Waals surface area contributed by atoms with E-state index >= 15 is 0 Å². The maximum atomic E-state index is 14.0. The van der Waals surface area contributed by atoms with E-state index in [9.17, 15) is 14.7 Å². The van der Waals surface area contributed by atoms with Crippen LogP contribution in [-0.2, 0) is 26.3 Å². The number of hydrogen-bond acceptors (Lipinski definition) is 6. The number of carbonyl (C=O) groups excluding carboxylic acids is 2. The molecule has 2 amide bonds. The fraction of sp³-hybridized carbons (Fsp3) is 0.429. The van der Waals surface area contributed by atoms with E-state index in [0.717, 1.165) is 40.8 Å². The van der Waals surface area contributed by atoms with Crippen molar-refractivity contribution in [2.75, 3.05) is 38.8 Å². The molecule has 0 saturated carbocycles. The molecule has 0 spiro atoms. The van der Waals surface area contributed by atoms with Crippen molar-refractivity contribution in [2.45, 2.75) is 57.8 Å². The van der Waals surface area contributed by atoms with Crippen LogP contribution in [0.5, 0.6) is 11.5 Å². The lowest BCUT2D eigenvalue weighted by atomic mass is 9.78. The van der Waals surface area contributed by atoms with Crippen LogP contribution in [0.15, 0.2) is 60.7 Å². The van der Waals surface area contributed by atoms with Gasteiger partial charge in [0.1, 0.15) is 0 Å². The van der Waals surface area contributed by atoms with Crippen LogP contribution in [0.4, 0.5) is 5.69 Å². The van der Waals surface area contributed by atoms with E-state index in [1.807, 2.05) is 81.4 Å². The van der Waals surface area contributed by atoms with Crippen molar-refractivity contribution >= 4 is 29.1 Å². The summed E-state index contributed by atoms with van der Waals surface area (Å²) in [5, 5.41) is 12.1. The Bertz CT molecular complexity index is 1480. The van der Waals surface area contributed by atoms with Gasteiger partial charge in [0, 0.05) is 38.0 Å². The number of rotatable bonds is 9. The summed E-state index contributed by atoms with van der Waals surface area (Å²) in [6, 6.07) is 18.4. The first-order valence-corrected chi connectivity index (χ1v) is 15.5. The van der Waals surface area contributed by atoms with Gasteiger partial charge in [-0.3, -0.25) is 9.59 Å². The van der Waals surface area contributed by atoms with Gasteiger partial charge in [-0.15, -0.1) is 0 Å². The van der Waals surface area contributed by atoms with Crippen LogP contribution in [-0.4, -0.2) is 61.8 Å². The summed E-state index contributed by atoms with van der Waals surface area (Å²) in [7, 11) is 3.35. The molecular formula is C35H41ClN2O6. The number of hydrogen-bond donors (Lipinski definition) is 1. The van der Waals surface area contributed by atoms with E-state index in [4.69, 9.17) is 25.8 Å². The van der Waals surface area contributed by atoms with Gasteiger partial charge in [0.15, 0.2) is 18.1 Å². The molecule has 2 atom stereocenters. The molecule has 3 aromatic carbocycles. The molecule has 3 aromatic rings. The fourth-order valence-corrected chi connectivity index (χ4v) is 6.13. The molecule has 2 heterocycles. The van der Waals surface area contributed by atoms with Gasteiger partial charge >= 0.3 is 0 Å². The first kappa shape index (κ1) is 31.8. The number of aliphatic hydroxyl groups is 1. The van der Waals surface area contributed by atoms with Gasteiger partial charge in [0.05, 0.1) is 24.2 Å². The third kappa shape index (κ3) is 6.72. The lowest BCUT2D eigenvalue weighted by Crippen LogP contribution is -2.41. The van der Waals surface area contributed by atoms with E-state index in [2.05, 4.69) is 0 Å². The van der Waals surface area contributed by atoms with Crippen LogP contribution in [0.3, 0.4) is 0 Å². The Morgan fingerprint density at radius 2 is 1.73 bits per heavy atom. The predicted molar refractivity (Wildman–Crippen MR) is 170 cm³/mol. The molecule has 234 valence electrons. The lowest BCUT2D eigenvalue weighted by molar-refractivity contribution is -0.130. The molecule has 44 heavy (non-hydrogen) atoms. The Hall–Kier alpha value is -3.59. The van der Waals surface area contributed by atoms with Gasteiger partial charge in [0.2, 0.25) is 5.91 Å². The monoisotopic (exact) mass is 620 g/mol. The highest BCUT2D eigenvalue weighted by Gasteiger charge is 2.38. The average Bonchev–Trinajstić information content (AvgIpc) is 3.00. The van der Waals surface area contributed by atoms with Crippen molar-refractivity contribution in [3.63, 3.8) is 0 Å². The minimum absolute atomic E-state index is 0.0887. The SMILES string of the molecule is CC(C)Oc1cc2c(cc1OCC(=O)N(C)C)CC(=O)N(c1ccc(C(C)(O)C3CCOCC3)cc1)[C@H]2c1ccc(Cl)cc1. The molecule has 0 aliphatic carbocycles. The van der Waals surface area contributed by atoms with Crippen LogP contribution in [0.2, 0.25) is 5.02 Å². The largest absolute Gasteiger partial charge is 0.487 e. The topological polar surface area (TPSA) is 88.5 Å². The summed E-state index contributed by atoms with van der Waals surface area (Å²) in [6.07, 6.45) is 1.59. The zero-order valence-corrected chi connectivity index (χ0v) is 26.8. The Labute approximate surface area is 264 Å². The minimum Gasteiger partial charge on any atom is -0.487 e. The second-order valence-electron chi connectivity index (χ2n) is 12.2. The third-order valence-electron chi connectivity index (χ3n) is 8.51.